The Bertz CT molecular complexity index is 963. The van der Waals surface area contributed by atoms with E-state index in [0.29, 0.717) is 6.42 Å². The van der Waals surface area contributed by atoms with Gasteiger partial charge in [-0.15, -0.1) is 0 Å². The number of amides is 1. The second kappa shape index (κ2) is 58.2. The summed E-state index contributed by atoms with van der Waals surface area (Å²) < 4.78 is 0. The summed E-state index contributed by atoms with van der Waals surface area (Å²) in [6.45, 7) is 4.35. The quantitative estimate of drug-likeness (QED) is 0.0420. The molecule has 0 aliphatic heterocycles. The molecule has 0 radical (unpaired) electrons. The van der Waals surface area contributed by atoms with Crippen molar-refractivity contribution >= 4 is 5.91 Å². The topological polar surface area (TPSA) is 69.6 Å². The normalized spacial score (nSPS) is 12.8. The van der Waals surface area contributed by atoms with E-state index in [9.17, 15) is 15.0 Å². The molecule has 0 bridgehead atoms. The summed E-state index contributed by atoms with van der Waals surface area (Å²) in [5, 5.41) is 23.2. The fraction of sp³-hybridized carbons (Fsp3) is 0.919. The first-order chi connectivity index (χ1) is 32.7. The third kappa shape index (κ3) is 53.8. The second-order valence-electron chi connectivity index (χ2n) is 21.1. The highest BCUT2D eigenvalue weighted by Gasteiger charge is 2.18. The van der Waals surface area contributed by atoms with Gasteiger partial charge < -0.3 is 15.5 Å². The average Bonchev–Trinajstić information content (AvgIpc) is 3.32. The predicted octanol–water partition coefficient (Wildman–Crippen LogP) is 20.3. The lowest BCUT2D eigenvalue weighted by Gasteiger charge is -2.20. The number of carbonyl (C=O) groups is 1. The molecule has 1 amide bonds. The molecule has 0 saturated heterocycles. The number of hydrogen-bond acceptors (Lipinski definition) is 3. The van der Waals surface area contributed by atoms with Crippen molar-refractivity contribution < 1.29 is 15.0 Å². The van der Waals surface area contributed by atoms with Crippen LogP contribution in [0, 0.1) is 0 Å². The van der Waals surface area contributed by atoms with Gasteiger partial charge in [-0.2, -0.15) is 0 Å². The minimum absolute atomic E-state index is 0.0561. The largest absolute Gasteiger partial charge is 0.394 e. The Morgan fingerprint density at radius 2 is 0.576 bits per heavy atom. The van der Waals surface area contributed by atoms with Gasteiger partial charge >= 0.3 is 0 Å². The van der Waals surface area contributed by atoms with Gasteiger partial charge in [-0.25, -0.2) is 0 Å². The number of aliphatic hydroxyl groups is 2. The first-order valence-electron chi connectivity index (χ1n) is 30.6. The molecule has 2 unspecified atom stereocenters. The molecule has 392 valence electrons. The van der Waals surface area contributed by atoms with E-state index < -0.39 is 12.1 Å². The van der Waals surface area contributed by atoms with Crippen molar-refractivity contribution in [2.24, 2.45) is 0 Å². The van der Waals surface area contributed by atoms with E-state index in [1.54, 1.807) is 6.08 Å². The van der Waals surface area contributed by atoms with Gasteiger partial charge in [0.1, 0.15) is 0 Å². The molecule has 2 atom stereocenters. The van der Waals surface area contributed by atoms with Gasteiger partial charge in [-0.1, -0.05) is 321 Å². The summed E-state index contributed by atoms with van der Waals surface area (Å²) in [4.78, 5) is 12.5. The lowest BCUT2D eigenvalue weighted by molar-refractivity contribution is -0.123. The molecule has 0 spiro atoms. The van der Waals surface area contributed by atoms with E-state index >= 15 is 0 Å². The highest BCUT2D eigenvalue weighted by molar-refractivity contribution is 5.76. The van der Waals surface area contributed by atoms with Gasteiger partial charge in [0.05, 0.1) is 18.8 Å². The van der Waals surface area contributed by atoms with Crippen LogP contribution in [0.25, 0.3) is 0 Å². The lowest BCUT2D eigenvalue weighted by atomic mass is 10.0. The summed E-state index contributed by atoms with van der Waals surface area (Å²) in [6, 6.07) is -0.620. The fourth-order valence-electron chi connectivity index (χ4n) is 9.77. The zero-order valence-corrected chi connectivity index (χ0v) is 45.2. The Balaban J connectivity index is 3.42. The van der Waals surface area contributed by atoms with Crippen molar-refractivity contribution in [3.63, 3.8) is 0 Å². The van der Waals surface area contributed by atoms with Gasteiger partial charge in [0.25, 0.3) is 0 Å². The van der Waals surface area contributed by atoms with Crippen LogP contribution in [0.15, 0.2) is 24.3 Å². The van der Waals surface area contributed by atoms with Crippen LogP contribution < -0.4 is 5.32 Å². The third-order valence-corrected chi connectivity index (χ3v) is 14.4. The number of rotatable bonds is 57. The molecule has 0 aromatic heterocycles. The smallest absolute Gasteiger partial charge is 0.220 e. The van der Waals surface area contributed by atoms with Gasteiger partial charge in [0.15, 0.2) is 0 Å². The molecule has 66 heavy (non-hydrogen) atoms. The molecule has 0 rings (SSSR count). The maximum absolute atomic E-state index is 12.5. The molecule has 4 heteroatoms. The number of nitrogens with one attached hydrogen (secondary N) is 1. The first-order valence-corrected chi connectivity index (χ1v) is 30.6. The Labute approximate surface area is 415 Å². The van der Waals surface area contributed by atoms with E-state index in [0.717, 1.165) is 25.7 Å². The maximum atomic E-state index is 12.5. The van der Waals surface area contributed by atoms with Gasteiger partial charge in [-0.3, -0.25) is 4.79 Å². The highest BCUT2D eigenvalue weighted by Crippen LogP contribution is 2.18. The van der Waals surface area contributed by atoms with Crippen molar-refractivity contribution in [2.75, 3.05) is 6.61 Å². The van der Waals surface area contributed by atoms with Crippen LogP contribution in [0.5, 0.6) is 0 Å². The summed E-state index contributed by atoms with van der Waals surface area (Å²) in [7, 11) is 0. The molecule has 0 aromatic carbocycles. The van der Waals surface area contributed by atoms with Crippen LogP contribution in [0.3, 0.4) is 0 Å². The molecule has 0 heterocycles. The van der Waals surface area contributed by atoms with Crippen molar-refractivity contribution in [3.05, 3.63) is 24.3 Å². The number of unbranched alkanes of at least 4 members (excludes halogenated alkanes) is 48. The lowest BCUT2D eigenvalue weighted by Crippen LogP contribution is -2.45. The Hall–Kier alpha value is -1.13. The van der Waals surface area contributed by atoms with Crippen molar-refractivity contribution in [2.45, 2.75) is 360 Å². The average molecular weight is 929 g/mol. The van der Waals surface area contributed by atoms with Crippen LogP contribution in [0.4, 0.5) is 0 Å². The monoisotopic (exact) mass is 928 g/mol. The molecule has 3 N–H and O–H groups in total. The molecule has 0 saturated carbocycles. The summed E-state index contributed by atoms with van der Waals surface area (Å²) in [6.07, 6.45) is 78.0. The Kier molecular flexibility index (Phi) is 57.2. The number of aliphatic hydroxyl groups excluding tert-OH is 2. The van der Waals surface area contributed by atoms with E-state index in [-0.39, 0.29) is 12.5 Å². The standard InChI is InChI=1S/C62H121NO3/c1-3-5-7-9-11-13-15-17-19-21-23-25-26-27-28-29-30-31-32-33-34-35-36-38-40-42-44-46-48-50-52-54-56-58-62(66)63-60(59-64)61(65)57-55-53-51-49-47-45-43-41-39-37-24-22-20-18-16-14-12-10-8-6-4-2/h21,23,55,57,60-61,64-65H,3-20,22,24-54,56,58-59H2,1-2H3,(H,63,66)/b23-21-,57-55+. The van der Waals surface area contributed by atoms with Crippen LogP contribution >= 0.6 is 0 Å². The minimum atomic E-state index is -0.837. The minimum Gasteiger partial charge on any atom is -0.394 e. The number of hydrogen-bond donors (Lipinski definition) is 3. The van der Waals surface area contributed by atoms with Crippen LogP contribution in [0.1, 0.15) is 348 Å². The molecular formula is C62H121NO3. The van der Waals surface area contributed by atoms with Gasteiger partial charge in [0, 0.05) is 6.42 Å². The molecule has 4 nitrogen and oxygen atoms in total. The van der Waals surface area contributed by atoms with E-state index in [4.69, 9.17) is 0 Å². The zero-order chi connectivity index (χ0) is 47.7. The van der Waals surface area contributed by atoms with Gasteiger partial charge in [0.2, 0.25) is 5.91 Å². The zero-order valence-electron chi connectivity index (χ0n) is 45.2. The van der Waals surface area contributed by atoms with Gasteiger partial charge in [-0.05, 0) is 44.9 Å². The predicted molar refractivity (Wildman–Crippen MR) is 295 cm³/mol. The second-order valence-corrected chi connectivity index (χ2v) is 21.1. The van der Waals surface area contributed by atoms with Crippen LogP contribution in [0.2, 0.25) is 0 Å². The van der Waals surface area contributed by atoms with E-state index in [1.165, 1.54) is 302 Å². The maximum Gasteiger partial charge on any atom is 0.220 e. The Morgan fingerprint density at radius 3 is 0.833 bits per heavy atom. The third-order valence-electron chi connectivity index (χ3n) is 14.4. The molecular weight excluding hydrogens is 807 g/mol. The number of carbonyl (C=O) groups excluding carboxylic acids is 1. The SMILES string of the molecule is CCCCCCCCCC/C=C\CCCCCCCCCCCCCCCCCCCCCCCC(=O)NC(CO)C(O)/C=C/CCCCCCCCCCCCCCCCCCCCC. The van der Waals surface area contributed by atoms with Crippen molar-refractivity contribution in [3.8, 4) is 0 Å². The van der Waals surface area contributed by atoms with Crippen molar-refractivity contribution in [1.82, 2.24) is 5.32 Å². The van der Waals surface area contributed by atoms with Crippen molar-refractivity contribution in [1.29, 1.82) is 0 Å². The van der Waals surface area contributed by atoms with Crippen LogP contribution in [-0.2, 0) is 4.79 Å². The highest BCUT2D eigenvalue weighted by atomic mass is 16.3. The molecule has 0 aliphatic rings. The summed E-state index contributed by atoms with van der Waals surface area (Å²) >= 11 is 0. The fourth-order valence-corrected chi connectivity index (χ4v) is 9.77. The van der Waals surface area contributed by atoms with E-state index in [2.05, 4.69) is 31.3 Å². The molecule has 0 aromatic rings. The molecule has 0 fully saturated rings. The Morgan fingerprint density at radius 1 is 0.348 bits per heavy atom. The summed E-state index contributed by atoms with van der Waals surface area (Å²) in [5.74, 6) is -0.0561. The molecule has 0 aliphatic carbocycles. The van der Waals surface area contributed by atoms with E-state index in [1.807, 2.05) is 6.08 Å². The summed E-state index contributed by atoms with van der Waals surface area (Å²) in [5.41, 5.74) is 0. The number of allylic oxidation sites excluding steroid dienone is 3. The van der Waals surface area contributed by atoms with Crippen LogP contribution in [-0.4, -0.2) is 34.9 Å². The first kappa shape index (κ1) is 64.9.